The zero-order valence-corrected chi connectivity index (χ0v) is 10.6. The average Bonchev–Trinajstić information content (AvgIpc) is 2.76. The lowest BCUT2D eigenvalue weighted by molar-refractivity contribution is -0.388. The van der Waals surface area contributed by atoms with E-state index in [-0.39, 0.29) is 19.1 Å². The van der Waals surface area contributed by atoms with Gasteiger partial charge in [0.2, 0.25) is 10.0 Å². The second kappa shape index (κ2) is 4.83. The van der Waals surface area contributed by atoms with Crippen molar-refractivity contribution in [3.63, 3.8) is 0 Å². The molecule has 0 saturated carbocycles. The molecule has 1 aliphatic rings. The number of rotatable bonds is 3. The maximum absolute atomic E-state index is 13.0. The Labute approximate surface area is 109 Å². The van der Waals surface area contributed by atoms with Crippen molar-refractivity contribution in [1.29, 1.82) is 0 Å². The highest BCUT2D eigenvalue weighted by atomic mass is 32.2. The number of sulfonamides is 1. The molecule has 1 aromatic rings. The van der Waals surface area contributed by atoms with E-state index in [9.17, 15) is 22.9 Å². The molecular formula is C10H12FN3O4S. The standard InChI is InChI=1S/C10H12FN3O4S/c11-7-1-2-10(9(5-7)14(15)16)19(17,18)13-4-3-8(12)6-13/h1-2,5,8H,3-4,6,12H2/t8-/m1/s1. The summed E-state index contributed by atoms with van der Waals surface area (Å²) in [7, 11) is -4.02. The fourth-order valence-corrected chi connectivity index (χ4v) is 3.61. The minimum Gasteiger partial charge on any atom is -0.326 e. The smallest absolute Gasteiger partial charge is 0.292 e. The molecule has 2 N–H and O–H groups in total. The molecule has 0 radical (unpaired) electrons. The van der Waals surface area contributed by atoms with Gasteiger partial charge >= 0.3 is 0 Å². The zero-order chi connectivity index (χ0) is 14.2. The summed E-state index contributed by atoms with van der Waals surface area (Å²) in [5, 5.41) is 10.8. The summed E-state index contributed by atoms with van der Waals surface area (Å²) in [5.74, 6) is -0.858. The molecule has 0 aliphatic carbocycles. The number of benzene rings is 1. The maximum Gasteiger partial charge on any atom is 0.292 e. The Balaban J connectivity index is 2.49. The van der Waals surface area contributed by atoms with Gasteiger partial charge in [-0.3, -0.25) is 10.1 Å². The SMILES string of the molecule is N[C@@H]1CCN(S(=O)(=O)c2ccc(F)cc2[N+](=O)[O-])C1. The highest BCUT2D eigenvalue weighted by Crippen LogP contribution is 2.29. The van der Waals surface area contributed by atoms with E-state index in [4.69, 9.17) is 5.73 Å². The van der Waals surface area contributed by atoms with E-state index in [0.717, 1.165) is 16.4 Å². The first-order chi connectivity index (χ1) is 8.82. The summed E-state index contributed by atoms with van der Waals surface area (Å²) in [5.41, 5.74) is 4.86. The van der Waals surface area contributed by atoms with Crippen molar-refractivity contribution < 1.29 is 17.7 Å². The third kappa shape index (κ3) is 2.57. The summed E-state index contributed by atoms with van der Waals surface area (Å²) in [6.45, 7) is 0.314. The normalized spacial score (nSPS) is 20.6. The molecule has 0 aromatic heterocycles. The summed E-state index contributed by atoms with van der Waals surface area (Å²) in [6.07, 6.45) is 0.494. The number of nitrogens with two attached hydrogens (primary N) is 1. The van der Waals surface area contributed by atoms with Crippen LogP contribution in [0.2, 0.25) is 0 Å². The van der Waals surface area contributed by atoms with Gasteiger partial charge in [-0.25, -0.2) is 12.8 Å². The zero-order valence-electron chi connectivity index (χ0n) is 9.82. The van der Waals surface area contributed by atoms with Gasteiger partial charge in [0.1, 0.15) is 5.82 Å². The van der Waals surface area contributed by atoms with Gasteiger partial charge < -0.3 is 5.73 Å². The first kappa shape index (κ1) is 13.8. The van der Waals surface area contributed by atoms with Gasteiger partial charge in [0.05, 0.1) is 11.0 Å². The van der Waals surface area contributed by atoms with Crippen molar-refractivity contribution in [2.75, 3.05) is 13.1 Å². The van der Waals surface area contributed by atoms with Crippen molar-refractivity contribution in [2.24, 2.45) is 5.73 Å². The van der Waals surface area contributed by atoms with Crippen molar-refractivity contribution in [3.8, 4) is 0 Å². The van der Waals surface area contributed by atoms with Gasteiger partial charge in [0.15, 0.2) is 4.90 Å². The first-order valence-electron chi connectivity index (χ1n) is 5.52. The molecule has 1 saturated heterocycles. The Morgan fingerprint density at radius 1 is 1.47 bits per heavy atom. The van der Waals surface area contributed by atoms with Crippen LogP contribution in [0.15, 0.2) is 23.1 Å². The third-order valence-electron chi connectivity index (χ3n) is 2.92. The molecule has 1 heterocycles. The second-order valence-electron chi connectivity index (χ2n) is 4.28. The highest BCUT2D eigenvalue weighted by molar-refractivity contribution is 7.89. The van der Waals surface area contributed by atoms with Gasteiger partial charge in [-0.1, -0.05) is 0 Å². The van der Waals surface area contributed by atoms with Gasteiger partial charge in [0.25, 0.3) is 5.69 Å². The van der Waals surface area contributed by atoms with Crippen LogP contribution in [0.1, 0.15) is 6.42 Å². The van der Waals surface area contributed by atoms with Gasteiger partial charge in [-0.15, -0.1) is 0 Å². The monoisotopic (exact) mass is 289 g/mol. The largest absolute Gasteiger partial charge is 0.326 e. The lowest BCUT2D eigenvalue weighted by Gasteiger charge is -2.15. The lowest BCUT2D eigenvalue weighted by atomic mass is 10.3. The molecule has 0 spiro atoms. The van der Waals surface area contributed by atoms with E-state index in [0.29, 0.717) is 12.5 Å². The topological polar surface area (TPSA) is 107 Å². The fourth-order valence-electron chi connectivity index (χ4n) is 1.96. The Morgan fingerprint density at radius 2 is 2.16 bits per heavy atom. The van der Waals surface area contributed by atoms with Crippen LogP contribution in [0, 0.1) is 15.9 Å². The van der Waals surface area contributed by atoms with Crippen LogP contribution >= 0.6 is 0 Å². The van der Waals surface area contributed by atoms with Crippen LogP contribution in [0.3, 0.4) is 0 Å². The molecule has 7 nitrogen and oxygen atoms in total. The van der Waals surface area contributed by atoms with Gasteiger partial charge in [-0.2, -0.15) is 4.31 Å². The number of hydrogen-bond acceptors (Lipinski definition) is 5. The molecular weight excluding hydrogens is 277 g/mol. The molecule has 1 fully saturated rings. The number of halogens is 1. The van der Waals surface area contributed by atoms with E-state index in [2.05, 4.69) is 0 Å². The Morgan fingerprint density at radius 3 is 2.68 bits per heavy atom. The van der Waals surface area contributed by atoms with E-state index in [1.807, 2.05) is 0 Å². The molecule has 19 heavy (non-hydrogen) atoms. The molecule has 1 aliphatic heterocycles. The maximum atomic E-state index is 13.0. The van der Waals surface area contributed by atoms with Crippen LogP contribution in [-0.2, 0) is 10.0 Å². The molecule has 0 bridgehead atoms. The summed E-state index contributed by atoms with van der Waals surface area (Å²) < 4.78 is 38.6. The molecule has 9 heteroatoms. The van der Waals surface area contributed by atoms with Crippen LogP contribution < -0.4 is 5.73 Å². The predicted molar refractivity (Wildman–Crippen MR) is 64.4 cm³/mol. The first-order valence-corrected chi connectivity index (χ1v) is 6.96. The minimum atomic E-state index is -4.02. The number of nitro groups is 1. The van der Waals surface area contributed by atoms with Crippen LogP contribution in [0.5, 0.6) is 0 Å². The van der Waals surface area contributed by atoms with Crippen molar-refractivity contribution in [2.45, 2.75) is 17.4 Å². The Hall–Kier alpha value is -1.58. The summed E-state index contributed by atoms with van der Waals surface area (Å²) in [4.78, 5) is 9.41. The Bertz CT molecular complexity index is 619. The number of nitrogens with zero attached hydrogens (tertiary/aromatic N) is 2. The quantitative estimate of drug-likeness (QED) is 0.642. The Kier molecular flexibility index (Phi) is 3.52. The average molecular weight is 289 g/mol. The molecule has 1 atom stereocenters. The van der Waals surface area contributed by atoms with E-state index in [1.54, 1.807) is 0 Å². The third-order valence-corrected chi connectivity index (χ3v) is 4.84. The van der Waals surface area contributed by atoms with Crippen LogP contribution in [-0.4, -0.2) is 36.8 Å². The lowest BCUT2D eigenvalue weighted by Crippen LogP contribution is -2.32. The number of nitro benzene ring substituents is 1. The molecule has 0 amide bonds. The van der Waals surface area contributed by atoms with Gasteiger partial charge in [0, 0.05) is 19.1 Å². The summed E-state index contributed by atoms with van der Waals surface area (Å²) >= 11 is 0. The molecule has 1 aromatic carbocycles. The molecule has 104 valence electrons. The van der Waals surface area contributed by atoms with Gasteiger partial charge in [-0.05, 0) is 18.6 Å². The molecule has 0 unspecified atom stereocenters. The van der Waals surface area contributed by atoms with Crippen molar-refractivity contribution >= 4 is 15.7 Å². The van der Waals surface area contributed by atoms with E-state index in [1.165, 1.54) is 0 Å². The molecule has 2 rings (SSSR count). The van der Waals surface area contributed by atoms with Crippen molar-refractivity contribution in [3.05, 3.63) is 34.1 Å². The highest BCUT2D eigenvalue weighted by Gasteiger charge is 2.35. The van der Waals surface area contributed by atoms with Crippen molar-refractivity contribution in [1.82, 2.24) is 4.31 Å². The fraction of sp³-hybridized carbons (Fsp3) is 0.400. The minimum absolute atomic E-state index is 0.108. The number of hydrogen-bond donors (Lipinski definition) is 1. The predicted octanol–water partition coefficient (Wildman–Crippen LogP) is 0.456. The van der Waals surface area contributed by atoms with Crippen LogP contribution in [0.25, 0.3) is 0 Å². The van der Waals surface area contributed by atoms with Crippen LogP contribution in [0.4, 0.5) is 10.1 Å². The summed E-state index contributed by atoms with van der Waals surface area (Å²) in [6, 6.07) is 2.11. The second-order valence-corrected chi connectivity index (χ2v) is 6.19. The van der Waals surface area contributed by atoms with E-state index < -0.39 is 31.3 Å². The van der Waals surface area contributed by atoms with E-state index >= 15 is 0 Å².